The van der Waals surface area contributed by atoms with Gasteiger partial charge in [0.25, 0.3) is 5.91 Å². The van der Waals surface area contributed by atoms with Crippen molar-refractivity contribution in [1.29, 1.82) is 0 Å². The number of aryl methyl sites for hydroxylation is 1. The van der Waals surface area contributed by atoms with Gasteiger partial charge in [-0.25, -0.2) is 9.97 Å². The zero-order valence-corrected chi connectivity index (χ0v) is 14.2. The van der Waals surface area contributed by atoms with Crippen LogP contribution in [0.15, 0.2) is 42.7 Å². The van der Waals surface area contributed by atoms with E-state index in [0.717, 1.165) is 22.3 Å². The number of primary amides is 1. The molecule has 0 bridgehead atoms. The summed E-state index contributed by atoms with van der Waals surface area (Å²) in [5.41, 5.74) is 8.53. The van der Waals surface area contributed by atoms with Crippen LogP contribution in [0.2, 0.25) is 0 Å². The van der Waals surface area contributed by atoms with Gasteiger partial charge >= 0.3 is 0 Å². The monoisotopic (exact) mass is 336 g/mol. The van der Waals surface area contributed by atoms with Gasteiger partial charge in [0.2, 0.25) is 0 Å². The number of hydrogen-bond acceptors (Lipinski definition) is 5. The molecule has 0 fully saturated rings. The lowest BCUT2D eigenvalue weighted by Crippen LogP contribution is -2.12. The summed E-state index contributed by atoms with van der Waals surface area (Å²) in [4.78, 5) is 20.1. The molecule has 0 aliphatic carbocycles. The Kier molecular flexibility index (Phi) is 4.79. The maximum atomic E-state index is 11.6. The van der Waals surface area contributed by atoms with E-state index in [1.165, 1.54) is 6.33 Å². The van der Waals surface area contributed by atoms with Gasteiger partial charge in [-0.2, -0.15) is 0 Å². The van der Waals surface area contributed by atoms with E-state index in [0.29, 0.717) is 30.0 Å². The lowest BCUT2D eigenvalue weighted by atomic mass is 10.1. The van der Waals surface area contributed by atoms with Crippen molar-refractivity contribution >= 4 is 22.6 Å². The zero-order chi connectivity index (χ0) is 17.8. The van der Waals surface area contributed by atoms with Gasteiger partial charge in [0, 0.05) is 11.9 Å². The third-order valence-electron chi connectivity index (χ3n) is 3.94. The molecule has 1 aromatic heterocycles. The largest absolute Gasteiger partial charge is 0.494 e. The van der Waals surface area contributed by atoms with E-state index in [2.05, 4.69) is 15.3 Å². The molecule has 6 nitrogen and oxygen atoms in total. The third-order valence-corrected chi connectivity index (χ3v) is 3.94. The lowest BCUT2D eigenvalue weighted by Gasteiger charge is -2.12. The van der Waals surface area contributed by atoms with Crippen LogP contribution in [0.3, 0.4) is 0 Å². The summed E-state index contributed by atoms with van der Waals surface area (Å²) in [6.07, 6.45) is 1.43. The van der Waals surface area contributed by atoms with Crippen LogP contribution in [-0.2, 0) is 6.54 Å². The third kappa shape index (κ3) is 3.52. The second-order valence-corrected chi connectivity index (χ2v) is 5.67. The number of fused-ring (bicyclic) bond motifs is 1. The van der Waals surface area contributed by atoms with Gasteiger partial charge in [0.15, 0.2) is 0 Å². The molecule has 0 unspecified atom stereocenters. The first kappa shape index (κ1) is 16.7. The highest BCUT2D eigenvalue weighted by molar-refractivity contribution is 6.06. The van der Waals surface area contributed by atoms with Crippen molar-refractivity contribution in [2.24, 2.45) is 5.73 Å². The van der Waals surface area contributed by atoms with Crippen LogP contribution < -0.4 is 15.8 Å². The Labute approximate surface area is 146 Å². The number of anilines is 1. The van der Waals surface area contributed by atoms with E-state index >= 15 is 0 Å². The summed E-state index contributed by atoms with van der Waals surface area (Å²) in [5.74, 6) is 1.03. The van der Waals surface area contributed by atoms with Crippen molar-refractivity contribution in [2.45, 2.75) is 20.4 Å². The smallest absolute Gasteiger partial charge is 0.250 e. The molecular weight excluding hydrogens is 316 g/mol. The molecule has 3 rings (SSSR count). The number of hydrogen-bond donors (Lipinski definition) is 2. The number of aromatic nitrogens is 2. The molecule has 3 N–H and O–H groups in total. The molecule has 0 radical (unpaired) electrons. The predicted molar refractivity (Wildman–Crippen MR) is 97.7 cm³/mol. The Morgan fingerprint density at radius 1 is 1.24 bits per heavy atom. The molecule has 2 aromatic carbocycles. The number of carbonyl (C=O) groups excluding carboxylic acids is 1. The minimum Gasteiger partial charge on any atom is -0.494 e. The van der Waals surface area contributed by atoms with Crippen molar-refractivity contribution in [3.8, 4) is 5.75 Å². The average molecular weight is 336 g/mol. The molecule has 0 saturated carbocycles. The van der Waals surface area contributed by atoms with Crippen molar-refractivity contribution in [1.82, 2.24) is 9.97 Å². The van der Waals surface area contributed by atoms with Gasteiger partial charge in [-0.05, 0) is 43.2 Å². The van der Waals surface area contributed by atoms with Gasteiger partial charge in [-0.3, -0.25) is 4.79 Å². The fraction of sp³-hybridized carbons (Fsp3) is 0.211. The summed E-state index contributed by atoms with van der Waals surface area (Å²) in [5, 5.41) is 4.06. The van der Waals surface area contributed by atoms with E-state index in [9.17, 15) is 4.79 Å². The second kappa shape index (κ2) is 7.17. The minimum atomic E-state index is -0.504. The Morgan fingerprint density at radius 3 is 2.84 bits per heavy atom. The van der Waals surface area contributed by atoms with Crippen LogP contribution >= 0.6 is 0 Å². The summed E-state index contributed by atoms with van der Waals surface area (Å²) in [6.45, 7) is 5.19. The number of nitrogens with zero attached hydrogens (tertiary/aromatic N) is 2. The minimum absolute atomic E-state index is 0.386. The maximum absolute atomic E-state index is 11.6. The molecule has 1 heterocycles. The highest BCUT2D eigenvalue weighted by Gasteiger charge is 2.11. The Morgan fingerprint density at radius 2 is 2.08 bits per heavy atom. The van der Waals surface area contributed by atoms with E-state index in [1.54, 1.807) is 12.1 Å². The van der Waals surface area contributed by atoms with Gasteiger partial charge in [0.05, 0.1) is 17.7 Å². The van der Waals surface area contributed by atoms with Crippen LogP contribution in [0.25, 0.3) is 10.9 Å². The predicted octanol–water partition coefficient (Wildman–Crippen LogP) is 3.05. The van der Waals surface area contributed by atoms with E-state index in [1.807, 2.05) is 38.1 Å². The van der Waals surface area contributed by atoms with Gasteiger partial charge in [0.1, 0.15) is 17.9 Å². The molecule has 0 aliphatic heterocycles. The summed E-state index contributed by atoms with van der Waals surface area (Å²) in [6, 6.07) is 11.4. The number of para-hydroxylation sites is 1. The van der Waals surface area contributed by atoms with Gasteiger partial charge in [-0.15, -0.1) is 0 Å². The molecule has 6 heteroatoms. The first-order chi connectivity index (χ1) is 12.1. The number of nitrogens with two attached hydrogens (primary N) is 1. The van der Waals surface area contributed by atoms with Gasteiger partial charge in [-0.1, -0.05) is 18.2 Å². The van der Waals surface area contributed by atoms with Crippen LogP contribution in [-0.4, -0.2) is 22.5 Å². The quantitative estimate of drug-likeness (QED) is 0.722. The van der Waals surface area contributed by atoms with Crippen molar-refractivity contribution < 1.29 is 9.53 Å². The fourth-order valence-corrected chi connectivity index (χ4v) is 2.68. The Hall–Kier alpha value is -3.15. The molecule has 128 valence electrons. The normalized spacial score (nSPS) is 10.6. The van der Waals surface area contributed by atoms with Crippen molar-refractivity contribution in [3.05, 3.63) is 59.4 Å². The Bertz CT molecular complexity index is 924. The standard InChI is InChI=1S/C19H20N4O2/c1-3-25-16-9-13(8-7-12(16)2)10-21-19-15-6-4-5-14(18(20)24)17(15)22-11-23-19/h4-9,11H,3,10H2,1-2H3,(H2,20,24)(H,21,22,23). The summed E-state index contributed by atoms with van der Waals surface area (Å²) < 4.78 is 5.64. The highest BCUT2D eigenvalue weighted by atomic mass is 16.5. The molecule has 25 heavy (non-hydrogen) atoms. The van der Waals surface area contributed by atoms with Crippen LogP contribution in [0.5, 0.6) is 5.75 Å². The second-order valence-electron chi connectivity index (χ2n) is 5.67. The molecule has 3 aromatic rings. The number of carbonyl (C=O) groups is 1. The Balaban J connectivity index is 1.88. The number of amides is 1. The summed E-state index contributed by atoms with van der Waals surface area (Å²) >= 11 is 0. The topological polar surface area (TPSA) is 90.1 Å². The fourth-order valence-electron chi connectivity index (χ4n) is 2.68. The van der Waals surface area contributed by atoms with E-state index < -0.39 is 5.91 Å². The molecule has 0 aliphatic rings. The van der Waals surface area contributed by atoms with Crippen molar-refractivity contribution in [2.75, 3.05) is 11.9 Å². The zero-order valence-electron chi connectivity index (χ0n) is 14.2. The highest BCUT2D eigenvalue weighted by Crippen LogP contribution is 2.24. The molecule has 0 spiro atoms. The number of rotatable bonds is 6. The number of benzene rings is 2. The van der Waals surface area contributed by atoms with Crippen LogP contribution in [0.1, 0.15) is 28.4 Å². The maximum Gasteiger partial charge on any atom is 0.250 e. The average Bonchev–Trinajstić information content (AvgIpc) is 2.62. The SMILES string of the molecule is CCOc1cc(CNc2ncnc3c(C(N)=O)cccc23)ccc1C. The summed E-state index contributed by atoms with van der Waals surface area (Å²) in [7, 11) is 0. The van der Waals surface area contributed by atoms with Crippen molar-refractivity contribution in [3.63, 3.8) is 0 Å². The molecule has 1 amide bonds. The number of ether oxygens (including phenoxy) is 1. The molecule has 0 saturated heterocycles. The van der Waals surface area contributed by atoms with E-state index in [4.69, 9.17) is 10.5 Å². The van der Waals surface area contributed by atoms with Crippen LogP contribution in [0.4, 0.5) is 5.82 Å². The van der Waals surface area contributed by atoms with E-state index in [-0.39, 0.29) is 0 Å². The molecule has 0 atom stereocenters. The van der Waals surface area contributed by atoms with Gasteiger partial charge < -0.3 is 15.8 Å². The first-order valence-electron chi connectivity index (χ1n) is 8.10. The first-order valence-corrected chi connectivity index (χ1v) is 8.10. The van der Waals surface area contributed by atoms with Crippen LogP contribution in [0, 0.1) is 6.92 Å². The molecular formula is C19H20N4O2. The lowest BCUT2D eigenvalue weighted by molar-refractivity contribution is 0.100. The number of nitrogens with one attached hydrogen (secondary N) is 1.